The third kappa shape index (κ3) is 2.46. The predicted octanol–water partition coefficient (Wildman–Crippen LogP) is 2.15. The maximum absolute atomic E-state index is 11.9. The molecule has 1 atom stereocenters. The van der Waals surface area contributed by atoms with E-state index in [2.05, 4.69) is 37.2 Å². The van der Waals surface area contributed by atoms with Crippen molar-refractivity contribution in [3.63, 3.8) is 0 Å². The van der Waals surface area contributed by atoms with Gasteiger partial charge in [-0.25, -0.2) is 4.68 Å². The Morgan fingerprint density at radius 2 is 2.33 bits per heavy atom. The summed E-state index contributed by atoms with van der Waals surface area (Å²) in [4.78, 5) is 20.4. The molecular formula is C16H14N6OS. The van der Waals surface area contributed by atoms with E-state index in [0.29, 0.717) is 5.95 Å². The van der Waals surface area contributed by atoms with Gasteiger partial charge in [0.15, 0.2) is 0 Å². The van der Waals surface area contributed by atoms with E-state index < -0.39 is 0 Å². The molecule has 0 spiro atoms. The zero-order chi connectivity index (χ0) is 16.5. The summed E-state index contributed by atoms with van der Waals surface area (Å²) in [5.74, 6) is 0.359. The van der Waals surface area contributed by atoms with Gasteiger partial charge in [0.25, 0.3) is 5.91 Å². The fourth-order valence-electron chi connectivity index (χ4n) is 2.57. The number of carbonyl (C=O) groups excluding carboxylic acids is 1. The summed E-state index contributed by atoms with van der Waals surface area (Å²) in [6.45, 7) is 0. The van der Waals surface area contributed by atoms with Crippen molar-refractivity contribution in [3.05, 3.63) is 64.4 Å². The molecule has 1 amide bonds. The van der Waals surface area contributed by atoms with Gasteiger partial charge in [-0.05, 0) is 40.6 Å². The second-order valence-corrected chi connectivity index (χ2v) is 6.01. The minimum absolute atomic E-state index is 0.131. The van der Waals surface area contributed by atoms with Crippen LogP contribution in [0.2, 0.25) is 0 Å². The number of hydrogen-bond acceptors (Lipinski definition) is 6. The van der Waals surface area contributed by atoms with Gasteiger partial charge in [-0.1, -0.05) is 0 Å². The van der Waals surface area contributed by atoms with Crippen LogP contribution in [0, 0.1) is 0 Å². The fourth-order valence-corrected chi connectivity index (χ4v) is 3.26. The minimum Gasteiger partial charge on any atom is -0.352 e. The molecule has 0 fully saturated rings. The van der Waals surface area contributed by atoms with Crippen LogP contribution in [0.4, 0.5) is 5.95 Å². The zero-order valence-electron chi connectivity index (χ0n) is 12.8. The number of nitrogens with zero attached hydrogens (tertiary/aromatic N) is 4. The SMILES string of the molecule is CNC(=O)c1nc2n(n1)C(c1ccsc1)C=C(c1cccnc1)N2. The van der Waals surface area contributed by atoms with Crippen LogP contribution in [-0.2, 0) is 0 Å². The summed E-state index contributed by atoms with van der Waals surface area (Å²) >= 11 is 1.62. The van der Waals surface area contributed by atoms with E-state index in [1.54, 1.807) is 35.5 Å². The summed E-state index contributed by atoms with van der Waals surface area (Å²) in [6, 6.07) is 5.77. The first kappa shape index (κ1) is 14.6. The number of thiophene rings is 1. The molecule has 0 aliphatic carbocycles. The maximum atomic E-state index is 11.9. The van der Waals surface area contributed by atoms with Crippen molar-refractivity contribution in [2.45, 2.75) is 6.04 Å². The van der Waals surface area contributed by atoms with Crippen molar-refractivity contribution in [2.75, 3.05) is 12.4 Å². The number of rotatable bonds is 3. The van der Waals surface area contributed by atoms with Crippen molar-refractivity contribution in [1.29, 1.82) is 0 Å². The van der Waals surface area contributed by atoms with Gasteiger partial charge < -0.3 is 10.6 Å². The Kier molecular flexibility index (Phi) is 3.58. The number of hydrogen-bond donors (Lipinski definition) is 2. The summed E-state index contributed by atoms with van der Waals surface area (Å²) in [5.41, 5.74) is 2.94. The van der Waals surface area contributed by atoms with Crippen LogP contribution < -0.4 is 10.6 Å². The lowest BCUT2D eigenvalue weighted by Gasteiger charge is -2.23. The van der Waals surface area contributed by atoms with Crippen LogP contribution in [0.5, 0.6) is 0 Å². The second kappa shape index (κ2) is 5.89. The Hall–Kier alpha value is -3.00. The summed E-state index contributed by atoms with van der Waals surface area (Å²) in [5, 5.41) is 14.2. The highest BCUT2D eigenvalue weighted by atomic mass is 32.1. The van der Waals surface area contributed by atoms with Crippen LogP contribution >= 0.6 is 11.3 Å². The van der Waals surface area contributed by atoms with E-state index in [9.17, 15) is 4.79 Å². The van der Waals surface area contributed by atoms with Crippen LogP contribution in [0.1, 0.15) is 27.8 Å². The quantitative estimate of drug-likeness (QED) is 0.764. The molecule has 3 aromatic rings. The highest BCUT2D eigenvalue weighted by molar-refractivity contribution is 7.08. The maximum Gasteiger partial charge on any atom is 0.290 e. The standard InChI is InChI=1S/C16H14N6OS/c1-17-15(23)14-20-16-19-12(10-3-2-5-18-8-10)7-13(22(16)21-14)11-4-6-24-9-11/h2-9,13H,1H3,(H,17,23)(H,19,20,21). The van der Waals surface area contributed by atoms with E-state index in [4.69, 9.17) is 0 Å². The van der Waals surface area contributed by atoms with Crippen molar-refractivity contribution in [3.8, 4) is 0 Å². The second-order valence-electron chi connectivity index (χ2n) is 5.23. The topological polar surface area (TPSA) is 84.7 Å². The molecular weight excluding hydrogens is 324 g/mol. The molecule has 24 heavy (non-hydrogen) atoms. The van der Waals surface area contributed by atoms with Crippen molar-refractivity contribution >= 4 is 28.9 Å². The van der Waals surface area contributed by atoms with Gasteiger partial charge >= 0.3 is 0 Å². The molecule has 4 heterocycles. The molecule has 0 saturated heterocycles. The third-order valence-electron chi connectivity index (χ3n) is 3.75. The van der Waals surface area contributed by atoms with Crippen molar-refractivity contribution in [2.24, 2.45) is 0 Å². The monoisotopic (exact) mass is 338 g/mol. The Morgan fingerprint density at radius 1 is 1.42 bits per heavy atom. The molecule has 2 N–H and O–H groups in total. The molecule has 0 saturated carbocycles. The Balaban J connectivity index is 1.82. The number of carbonyl (C=O) groups is 1. The lowest BCUT2D eigenvalue weighted by Crippen LogP contribution is -2.21. The molecule has 7 nitrogen and oxygen atoms in total. The van der Waals surface area contributed by atoms with E-state index in [1.165, 1.54) is 0 Å². The molecule has 1 aliphatic heterocycles. The smallest absolute Gasteiger partial charge is 0.290 e. The molecule has 3 aromatic heterocycles. The zero-order valence-corrected chi connectivity index (χ0v) is 13.6. The third-order valence-corrected chi connectivity index (χ3v) is 4.45. The largest absolute Gasteiger partial charge is 0.352 e. The van der Waals surface area contributed by atoms with E-state index in [0.717, 1.165) is 16.8 Å². The van der Waals surface area contributed by atoms with Gasteiger partial charge in [0, 0.05) is 30.7 Å². The van der Waals surface area contributed by atoms with E-state index >= 15 is 0 Å². The molecule has 8 heteroatoms. The van der Waals surface area contributed by atoms with Gasteiger partial charge in [0.05, 0.1) is 0 Å². The molecule has 0 bridgehead atoms. The van der Waals surface area contributed by atoms with Gasteiger partial charge in [-0.2, -0.15) is 16.3 Å². The van der Waals surface area contributed by atoms with Gasteiger partial charge in [0.2, 0.25) is 11.8 Å². The number of nitrogens with one attached hydrogen (secondary N) is 2. The molecule has 1 aliphatic rings. The molecule has 1 unspecified atom stereocenters. The lowest BCUT2D eigenvalue weighted by atomic mass is 10.1. The number of fused-ring (bicyclic) bond motifs is 1. The first-order chi connectivity index (χ1) is 11.8. The molecule has 4 rings (SSSR count). The molecule has 0 radical (unpaired) electrons. The normalized spacial score (nSPS) is 16.0. The van der Waals surface area contributed by atoms with Crippen LogP contribution in [-0.4, -0.2) is 32.7 Å². The number of aromatic nitrogens is 4. The first-order valence-electron chi connectivity index (χ1n) is 7.36. The minimum atomic E-state index is -0.314. The predicted molar refractivity (Wildman–Crippen MR) is 91.7 cm³/mol. The lowest BCUT2D eigenvalue weighted by molar-refractivity contribution is 0.0952. The highest BCUT2D eigenvalue weighted by Crippen LogP contribution is 2.33. The van der Waals surface area contributed by atoms with Crippen LogP contribution in [0.3, 0.4) is 0 Å². The number of pyridine rings is 1. The molecule has 120 valence electrons. The molecule has 0 aromatic carbocycles. The van der Waals surface area contributed by atoms with E-state index in [-0.39, 0.29) is 17.8 Å². The Bertz CT molecular complexity index is 900. The number of amides is 1. The van der Waals surface area contributed by atoms with Crippen LogP contribution in [0.25, 0.3) is 5.70 Å². The summed E-state index contributed by atoms with van der Waals surface area (Å²) in [7, 11) is 1.56. The van der Waals surface area contributed by atoms with Gasteiger partial charge in [0.1, 0.15) is 6.04 Å². The number of allylic oxidation sites excluding steroid dienone is 1. The average Bonchev–Trinajstić information content (AvgIpc) is 3.30. The van der Waals surface area contributed by atoms with Crippen molar-refractivity contribution in [1.82, 2.24) is 25.1 Å². The van der Waals surface area contributed by atoms with Gasteiger partial charge in [-0.3, -0.25) is 9.78 Å². The highest BCUT2D eigenvalue weighted by Gasteiger charge is 2.27. The average molecular weight is 338 g/mol. The fraction of sp³-hybridized carbons (Fsp3) is 0.125. The van der Waals surface area contributed by atoms with Gasteiger partial charge in [-0.15, -0.1) is 5.10 Å². The Morgan fingerprint density at radius 3 is 3.04 bits per heavy atom. The van der Waals surface area contributed by atoms with Crippen molar-refractivity contribution < 1.29 is 4.79 Å². The van der Waals surface area contributed by atoms with E-state index in [1.807, 2.05) is 23.6 Å². The number of anilines is 1. The van der Waals surface area contributed by atoms with Crippen LogP contribution in [0.15, 0.2) is 47.4 Å². The summed E-state index contributed by atoms with van der Waals surface area (Å²) < 4.78 is 1.73. The first-order valence-corrected chi connectivity index (χ1v) is 8.30. The summed E-state index contributed by atoms with van der Waals surface area (Å²) in [6.07, 6.45) is 5.58. The Labute approximate surface area is 142 Å².